The molecule has 1 fully saturated rings. The van der Waals surface area contributed by atoms with Gasteiger partial charge in [-0.2, -0.15) is 12.6 Å². The number of aliphatic imine (C=N–C) groups is 1. The van der Waals surface area contributed by atoms with Gasteiger partial charge in [0, 0.05) is 38.8 Å². The molecule has 12 N–H and O–H groups in total. The van der Waals surface area contributed by atoms with Gasteiger partial charge in [-0.25, -0.2) is 9.59 Å². The minimum atomic E-state index is -1.88. The highest BCUT2D eigenvalue weighted by Gasteiger charge is 2.38. The van der Waals surface area contributed by atoms with Crippen molar-refractivity contribution >= 4 is 71.9 Å². The van der Waals surface area contributed by atoms with Crippen molar-refractivity contribution in [3.63, 3.8) is 0 Å². The molecule has 400 valence electrons. The molecule has 0 aromatic heterocycles. The van der Waals surface area contributed by atoms with Crippen molar-refractivity contribution in [1.29, 1.82) is 0 Å². The van der Waals surface area contributed by atoms with E-state index in [1.165, 1.54) is 33.9 Å². The first-order valence-electron chi connectivity index (χ1n) is 23.9. The molecular weight excluding hydrogens is 953 g/mol. The van der Waals surface area contributed by atoms with Crippen LogP contribution in [0.5, 0.6) is 0 Å². The number of nitrogens with two attached hydrogens (primary N) is 2. The van der Waals surface area contributed by atoms with Gasteiger partial charge in [-0.15, -0.1) is 0 Å². The topological polar surface area (TPSA) is 343 Å². The Labute approximate surface area is 427 Å². The largest absolute Gasteiger partial charge is 0.480 e. The zero-order chi connectivity index (χ0) is 54.4. The molecule has 0 spiro atoms. The van der Waals surface area contributed by atoms with Crippen LogP contribution in [0.3, 0.4) is 0 Å². The second kappa shape index (κ2) is 30.4. The van der Waals surface area contributed by atoms with Gasteiger partial charge >= 0.3 is 11.9 Å². The Morgan fingerprint density at radius 3 is 2.01 bits per heavy atom. The molecule has 1 aliphatic rings. The summed E-state index contributed by atoms with van der Waals surface area (Å²) in [4.78, 5) is 127. The monoisotopic (exact) mass is 1030 g/mol. The van der Waals surface area contributed by atoms with Gasteiger partial charge in [0.2, 0.25) is 41.4 Å². The molecule has 1 aromatic rings. The maximum atomic E-state index is 14.4. The van der Waals surface area contributed by atoms with Gasteiger partial charge in [0.25, 0.3) is 0 Å². The van der Waals surface area contributed by atoms with E-state index in [-0.39, 0.29) is 55.5 Å². The molecule has 23 heteroatoms. The van der Waals surface area contributed by atoms with Crippen molar-refractivity contribution in [2.24, 2.45) is 40.1 Å². The van der Waals surface area contributed by atoms with Crippen LogP contribution >= 0.6 is 12.6 Å². The number of carboxylic acid groups (broad SMARTS) is 2. The first-order valence-corrected chi connectivity index (χ1v) is 24.6. The van der Waals surface area contributed by atoms with Crippen LogP contribution in [0.4, 0.5) is 0 Å². The van der Waals surface area contributed by atoms with Crippen LogP contribution in [-0.4, -0.2) is 149 Å². The van der Waals surface area contributed by atoms with Crippen molar-refractivity contribution in [3.8, 4) is 0 Å². The summed E-state index contributed by atoms with van der Waals surface area (Å²) in [6, 6.07) is -0.193. The maximum absolute atomic E-state index is 14.4. The number of carbonyl (C=O) groups excluding carboxylic acids is 7. The molecule has 1 aliphatic heterocycles. The Hall–Kier alpha value is -6.49. The average molecular weight is 1030 g/mol. The molecule has 2 rings (SSSR count). The standard InChI is InChI=1S/C49H76N10O12S/c1-26(2)22-36-45(65)58-40(48(69)70)30(6)42(62)55-34(16-13-21-52-49(50)51)44(64)54-33(18-17-27(3)23-28(4)38(71-9)24-32-14-11-10-12-15-32)29(5)41(61)56-35(47(67)68)19-20-39(60)59(8)37(25-72)46(66)53-31(7)43(63)57-36/h10-12,14-15,17-18,23,26,28-31,33-38,40,72H,13,16,19-22,24-25H2,1-9H3,(H,53,66)(H,54,64)(H,55,62)(H,56,61)(H,57,63)(H,58,65)(H,67,68)(H,69,70)(H4,50,51,52)/b18-17+,27-23+/t28-,29-,30-,31+,33-,34-,35+,36-,37?,38-,40+/m0/s1. The highest BCUT2D eigenvalue weighted by Crippen LogP contribution is 2.19. The van der Waals surface area contributed by atoms with Crippen LogP contribution in [-0.2, 0) is 54.3 Å². The van der Waals surface area contributed by atoms with Crippen LogP contribution in [0.2, 0.25) is 0 Å². The van der Waals surface area contributed by atoms with E-state index in [1.807, 2.05) is 43.3 Å². The van der Waals surface area contributed by atoms with Gasteiger partial charge in [0.05, 0.1) is 24.0 Å². The van der Waals surface area contributed by atoms with E-state index in [2.05, 4.69) is 49.5 Å². The van der Waals surface area contributed by atoms with Crippen LogP contribution in [0, 0.1) is 23.7 Å². The fourth-order valence-electron chi connectivity index (χ4n) is 7.75. The fourth-order valence-corrected chi connectivity index (χ4v) is 8.16. The van der Waals surface area contributed by atoms with E-state index in [0.717, 1.165) is 10.5 Å². The van der Waals surface area contributed by atoms with Crippen molar-refractivity contribution in [1.82, 2.24) is 36.8 Å². The third-order valence-corrected chi connectivity index (χ3v) is 12.6. The van der Waals surface area contributed by atoms with Crippen molar-refractivity contribution < 1.29 is 58.1 Å². The minimum absolute atomic E-state index is 0.0126. The molecule has 1 heterocycles. The lowest BCUT2D eigenvalue weighted by Crippen LogP contribution is -2.59. The summed E-state index contributed by atoms with van der Waals surface area (Å²) in [6.45, 7) is 11.3. The summed E-state index contributed by atoms with van der Waals surface area (Å²) in [7, 11) is 2.91. The SMILES string of the molecule is CO[C@@H](Cc1ccccc1)[C@@H](C)/C=C(C)/C=C/[C@@H]1NC(=O)[C@H](CCCN=C(N)N)NC(=O)[C@@H](C)[C@H](C(=O)O)NC(=O)[C@H](CC(C)C)NC(=O)[C@@H](C)NC(=O)C(CS)N(C)C(=O)CC[C@H](C(=O)O)NC(=O)[C@H]1C. The fraction of sp³-hybridized carbons (Fsp3) is 0.592. The zero-order valence-corrected chi connectivity index (χ0v) is 43.6. The summed E-state index contributed by atoms with van der Waals surface area (Å²) < 4.78 is 5.82. The highest BCUT2D eigenvalue weighted by atomic mass is 32.1. The molecule has 11 atom stereocenters. The van der Waals surface area contributed by atoms with Crippen molar-refractivity contribution in [2.45, 2.75) is 135 Å². The van der Waals surface area contributed by atoms with Crippen LogP contribution in [0.15, 0.2) is 59.1 Å². The average Bonchev–Trinajstić information content (AvgIpc) is 3.31. The molecule has 1 aromatic carbocycles. The first-order chi connectivity index (χ1) is 33.8. The van der Waals surface area contributed by atoms with Gasteiger partial charge in [-0.1, -0.05) is 88.8 Å². The number of hydrogen-bond donors (Lipinski definition) is 11. The zero-order valence-electron chi connectivity index (χ0n) is 42.7. The Morgan fingerprint density at radius 2 is 1.44 bits per heavy atom. The van der Waals surface area contributed by atoms with Crippen LogP contribution in [0.25, 0.3) is 0 Å². The third kappa shape index (κ3) is 20.3. The van der Waals surface area contributed by atoms with E-state index in [1.54, 1.807) is 34.0 Å². The Kier molecular flexibility index (Phi) is 26.0. The molecule has 0 bridgehead atoms. The van der Waals surface area contributed by atoms with Gasteiger partial charge in [0.15, 0.2) is 5.96 Å². The Morgan fingerprint density at radius 1 is 0.833 bits per heavy atom. The number of carboxylic acids is 2. The van der Waals surface area contributed by atoms with E-state index in [4.69, 9.17) is 16.2 Å². The summed E-state index contributed by atoms with van der Waals surface area (Å²) in [5, 5.41) is 35.8. The molecule has 72 heavy (non-hydrogen) atoms. The number of amides is 7. The normalized spacial score (nSPS) is 26.2. The third-order valence-electron chi connectivity index (χ3n) is 12.3. The quantitative estimate of drug-likeness (QED) is 0.0351. The number of benzene rings is 1. The minimum Gasteiger partial charge on any atom is -0.480 e. The molecule has 1 saturated heterocycles. The number of ether oxygens (including phenoxy) is 1. The number of nitrogens with one attached hydrogen (secondary N) is 6. The summed E-state index contributed by atoms with van der Waals surface area (Å²) in [5.74, 6) is -12.5. The molecule has 22 nitrogen and oxygen atoms in total. The van der Waals surface area contributed by atoms with Crippen LogP contribution < -0.4 is 43.4 Å². The number of methoxy groups -OCH3 is 1. The summed E-state index contributed by atoms with van der Waals surface area (Å²) in [6.07, 6.45) is 4.72. The van der Waals surface area contributed by atoms with E-state index >= 15 is 0 Å². The number of nitrogens with zero attached hydrogens (tertiary/aromatic N) is 2. The lowest BCUT2D eigenvalue weighted by atomic mass is 9.94. The number of guanidine groups is 1. The Balaban J connectivity index is 2.75. The van der Waals surface area contributed by atoms with Gasteiger partial charge in [-0.3, -0.25) is 38.6 Å². The van der Waals surface area contributed by atoms with Gasteiger partial charge in [-0.05, 0) is 57.4 Å². The summed E-state index contributed by atoms with van der Waals surface area (Å²) in [5.41, 5.74) is 12.8. The number of hydrogen-bond acceptors (Lipinski definition) is 12. The smallest absolute Gasteiger partial charge is 0.327 e. The highest BCUT2D eigenvalue weighted by molar-refractivity contribution is 7.80. The number of aliphatic carboxylic acids is 2. The van der Waals surface area contributed by atoms with Gasteiger partial charge < -0.3 is 63.2 Å². The van der Waals surface area contributed by atoms with Gasteiger partial charge in [0.1, 0.15) is 36.3 Å². The second-order valence-electron chi connectivity index (χ2n) is 18.6. The molecule has 0 saturated carbocycles. The number of thiol groups is 1. The predicted molar refractivity (Wildman–Crippen MR) is 273 cm³/mol. The molecule has 7 amide bonds. The van der Waals surface area contributed by atoms with Crippen molar-refractivity contribution in [2.75, 3.05) is 26.5 Å². The van der Waals surface area contributed by atoms with E-state index in [9.17, 15) is 53.4 Å². The first kappa shape index (κ1) is 61.6. The lowest BCUT2D eigenvalue weighted by molar-refractivity contribution is -0.146. The lowest BCUT2D eigenvalue weighted by Gasteiger charge is -2.29. The molecule has 1 unspecified atom stereocenters. The predicted octanol–water partition coefficient (Wildman–Crippen LogP) is 0.403. The number of allylic oxidation sites excluding steroid dienone is 2. The number of carbonyl (C=O) groups is 9. The number of likely N-dealkylation sites (N-methyl/N-ethyl adjacent to an activating group) is 1. The van der Waals surface area contributed by atoms with E-state index < -0.39 is 120 Å². The Bertz CT molecular complexity index is 2140. The second-order valence-corrected chi connectivity index (χ2v) is 19.0. The summed E-state index contributed by atoms with van der Waals surface area (Å²) >= 11 is 4.24. The molecule has 0 aliphatic carbocycles. The maximum Gasteiger partial charge on any atom is 0.327 e. The molecular formula is C49H76N10O12S. The van der Waals surface area contributed by atoms with Crippen molar-refractivity contribution in [3.05, 3.63) is 59.7 Å². The molecule has 0 radical (unpaired) electrons. The van der Waals surface area contributed by atoms with Crippen LogP contribution in [0.1, 0.15) is 86.1 Å². The van der Waals surface area contributed by atoms with E-state index in [0.29, 0.717) is 12.0 Å². The number of rotatable bonds is 16.